The topological polar surface area (TPSA) is 124 Å². The van der Waals surface area contributed by atoms with Gasteiger partial charge < -0.3 is 18.9 Å². The number of carbonyl (C=O) groups excluding carboxylic acids is 3. The van der Waals surface area contributed by atoms with Crippen molar-refractivity contribution in [2.24, 2.45) is 0 Å². The van der Waals surface area contributed by atoms with Crippen LogP contribution >= 0.6 is 12.2 Å². The van der Waals surface area contributed by atoms with E-state index in [0.717, 1.165) is 6.42 Å². The predicted molar refractivity (Wildman–Crippen MR) is 133 cm³/mol. The van der Waals surface area contributed by atoms with Crippen LogP contribution < -0.4 is 30.4 Å². The number of nitrogens with one attached hydrogen (secondary N) is 3. The monoisotopic (exact) mass is 501 g/mol. The van der Waals surface area contributed by atoms with Crippen molar-refractivity contribution >= 4 is 41.2 Å². The number of hydrogen-bond acceptors (Lipinski definition) is 8. The molecular weight excluding hydrogens is 474 g/mol. The molecule has 0 saturated carbocycles. The summed E-state index contributed by atoms with van der Waals surface area (Å²) in [5, 5.41) is 2.30. The van der Waals surface area contributed by atoms with E-state index >= 15 is 0 Å². The van der Waals surface area contributed by atoms with Crippen LogP contribution in [0.1, 0.15) is 29.3 Å². The van der Waals surface area contributed by atoms with Gasteiger partial charge in [-0.15, -0.1) is 0 Å². The second-order valence-electron chi connectivity index (χ2n) is 6.89. The minimum Gasteiger partial charge on any atom is -0.493 e. The number of esters is 1. The standard InChI is InChI=1S/C24H27N3O7S/c1-4-13-33-23(30)17-7-9-18(10-8-17)34-15-22(29)26-27-24(35)25-21(28)12-6-16-5-11-19(31-2)20(14-16)32-3/h5-12,14H,4,13,15H2,1-3H3,(H,26,29)(H2,25,27,28,35). The summed E-state index contributed by atoms with van der Waals surface area (Å²) in [6.45, 7) is 1.94. The van der Waals surface area contributed by atoms with E-state index in [1.54, 1.807) is 48.5 Å². The lowest BCUT2D eigenvalue weighted by atomic mass is 10.2. The number of hydrogen-bond donors (Lipinski definition) is 3. The second kappa shape index (κ2) is 14.2. The maximum Gasteiger partial charge on any atom is 0.338 e. The highest BCUT2D eigenvalue weighted by Gasteiger charge is 2.09. The van der Waals surface area contributed by atoms with Crippen molar-refractivity contribution in [2.75, 3.05) is 27.4 Å². The fourth-order valence-corrected chi connectivity index (χ4v) is 2.74. The van der Waals surface area contributed by atoms with E-state index in [9.17, 15) is 14.4 Å². The molecule has 3 N–H and O–H groups in total. The first kappa shape index (κ1) is 27.1. The maximum atomic E-state index is 12.0. The molecule has 2 aromatic rings. The van der Waals surface area contributed by atoms with E-state index in [4.69, 9.17) is 31.2 Å². The molecule has 0 aliphatic heterocycles. The minimum atomic E-state index is -0.533. The van der Waals surface area contributed by atoms with Crippen molar-refractivity contribution in [3.63, 3.8) is 0 Å². The van der Waals surface area contributed by atoms with E-state index in [2.05, 4.69) is 16.2 Å². The predicted octanol–water partition coefficient (Wildman–Crippen LogP) is 2.38. The van der Waals surface area contributed by atoms with Crippen LogP contribution in [0.2, 0.25) is 0 Å². The zero-order valence-electron chi connectivity index (χ0n) is 19.6. The van der Waals surface area contributed by atoms with Gasteiger partial charge in [0.2, 0.25) is 5.91 Å². The summed E-state index contributed by atoms with van der Waals surface area (Å²) >= 11 is 4.99. The molecule has 0 spiro atoms. The molecule has 2 rings (SSSR count). The fourth-order valence-electron chi connectivity index (χ4n) is 2.59. The van der Waals surface area contributed by atoms with Gasteiger partial charge in [-0.25, -0.2) is 4.79 Å². The summed E-state index contributed by atoms with van der Waals surface area (Å²) in [5.74, 6) is 0.0398. The van der Waals surface area contributed by atoms with Crippen LogP contribution in [0, 0.1) is 0 Å². The molecule has 0 unspecified atom stereocenters. The van der Waals surface area contributed by atoms with Gasteiger partial charge in [-0.3, -0.25) is 25.8 Å². The molecule has 0 aromatic heterocycles. The highest BCUT2D eigenvalue weighted by molar-refractivity contribution is 7.80. The van der Waals surface area contributed by atoms with Crippen molar-refractivity contribution in [1.82, 2.24) is 16.2 Å². The number of rotatable bonds is 10. The summed E-state index contributed by atoms with van der Waals surface area (Å²) in [6, 6.07) is 11.4. The Bertz CT molecular complexity index is 1070. The molecule has 186 valence electrons. The molecular formula is C24H27N3O7S. The summed E-state index contributed by atoms with van der Waals surface area (Å²) < 4.78 is 20.8. The molecule has 0 atom stereocenters. The molecule has 10 nitrogen and oxygen atoms in total. The number of ether oxygens (including phenoxy) is 4. The lowest BCUT2D eigenvalue weighted by molar-refractivity contribution is -0.123. The van der Waals surface area contributed by atoms with Crippen LogP contribution in [0.5, 0.6) is 17.2 Å². The average Bonchev–Trinajstić information content (AvgIpc) is 2.88. The number of carbonyl (C=O) groups is 3. The third kappa shape index (κ3) is 9.33. The Morgan fingerprint density at radius 1 is 0.971 bits per heavy atom. The van der Waals surface area contributed by atoms with Gasteiger partial charge in [-0.1, -0.05) is 13.0 Å². The van der Waals surface area contributed by atoms with Crippen LogP contribution in [0.3, 0.4) is 0 Å². The third-order valence-corrected chi connectivity index (χ3v) is 4.49. The number of benzene rings is 2. The van der Waals surface area contributed by atoms with Gasteiger partial charge in [0.1, 0.15) is 5.75 Å². The summed E-state index contributed by atoms with van der Waals surface area (Å²) in [5.41, 5.74) is 5.83. The molecule has 0 aliphatic carbocycles. The van der Waals surface area contributed by atoms with Crippen LogP contribution in [-0.4, -0.2) is 50.3 Å². The van der Waals surface area contributed by atoms with Crippen molar-refractivity contribution in [1.29, 1.82) is 0 Å². The van der Waals surface area contributed by atoms with Gasteiger partial charge in [-0.05, 0) is 66.7 Å². The van der Waals surface area contributed by atoms with E-state index < -0.39 is 17.8 Å². The van der Waals surface area contributed by atoms with Gasteiger partial charge in [0, 0.05) is 6.08 Å². The van der Waals surface area contributed by atoms with Gasteiger partial charge in [0.05, 0.1) is 26.4 Å². The van der Waals surface area contributed by atoms with Gasteiger partial charge in [-0.2, -0.15) is 0 Å². The molecule has 2 aromatic carbocycles. The average molecular weight is 502 g/mol. The first-order valence-electron chi connectivity index (χ1n) is 10.6. The number of hydrazine groups is 1. The molecule has 0 bridgehead atoms. The largest absolute Gasteiger partial charge is 0.493 e. The van der Waals surface area contributed by atoms with Crippen LogP contribution in [-0.2, 0) is 14.3 Å². The van der Waals surface area contributed by atoms with Crippen LogP contribution in [0.15, 0.2) is 48.5 Å². The lowest BCUT2D eigenvalue weighted by Gasteiger charge is -2.11. The van der Waals surface area contributed by atoms with E-state index in [1.807, 2.05) is 6.92 Å². The Kier molecular flexibility index (Phi) is 11.0. The third-order valence-electron chi connectivity index (χ3n) is 4.28. The highest BCUT2D eigenvalue weighted by Crippen LogP contribution is 2.27. The zero-order valence-corrected chi connectivity index (χ0v) is 20.4. The van der Waals surface area contributed by atoms with Crippen molar-refractivity contribution in [2.45, 2.75) is 13.3 Å². The van der Waals surface area contributed by atoms with E-state index in [1.165, 1.54) is 20.3 Å². The number of methoxy groups -OCH3 is 2. The van der Waals surface area contributed by atoms with Crippen LogP contribution in [0.25, 0.3) is 6.08 Å². The Morgan fingerprint density at radius 3 is 2.34 bits per heavy atom. The molecule has 35 heavy (non-hydrogen) atoms. The quantitative estimate of drug-likeness (QED) is 0.195. The molecule has 0 heterocycles. The van der Waals surface area contributed by atoms with Crippen molar-refractivity contribution in [3.8, 4) is 17.2 Å². The zero-order chi connectivity index (χ0) is 25.6. The molecule has 0 fully saturated rings. The molecule has 0 aliphatic rings. The highest BCUT2D eigenvalue weighted by atomic mass is 32.1. The molecule has 0 saturated heterocycles. The van der Waals surface area contributed by atoms with Gasteiger partial charge in [0.15, 0.2) is 23.2 Å². The fraction of sp³-hybridized carbons (Fsp3) is 0.250. The Hall–Kier alpha value is -4.12. The van der Waals surface area contributed by atoms with Crippen molar-refractivity contribution < 1.29 is 33.3 Å². The molecule has 11 heteroatoms. The van der Waals surface area contributed by atoms with Crippen LogP contribution in [0.4, 0.5) is 0 Å². The van der Waals surface area contributed by atoms with E-state index in [0.29, 0.717) is 35.0 Å². The normalized spacial score (nSPS) is 10.3. The lowest BCUT2D eigenvalue weighted by Crippen LogP contribution is -2.49. The van der Waals surface area contributed by atoms with E-state index in [-0.39, 0.29) is 11.7 Å². The minimum absolute atomic E-state index is 0.102. The summed E-state index contributed by atoms with van der Waals surface area (Å²) in [7, 11) is 3.05. The first-order valence-corrected chi connectivity index (χ1v) is 11.0. The summed E-state index contributed by atoms with van der Waals surface area (Å²) in [6.07, 6.45) is 3.59. The molecule has 2 amide bonds. The Morgan fingerprint density at radius 2 is 1.69 bits per heavy atom. The Balaban J connectivity index is 1.73. The first-order chi connectivity index (χ1) is 16.9. The molecule has 0 radical (unpaired) electrons. The Labute approximate surface area is 208 Å². The van der Waals surface area contributed by atoms with Gasteiger partial charge >= 0.3 is 5.97 Å². The van der Waals surface area contributed by atoms with Gasteiger partial charge in [0.25, 0.3) is 5.91 Å². The number of amides is 2. The SMILES string of the molecule is CCCOC(=O)c1ccc(OCC(=O)NNC(=S)NC(=O)C=Cc2ccc(OC)c(OC)c2)cc1. The van der Waals surface area contributed by atoms with Crippen molar-refractivity contribution in [3.05, 3.63) is 59.7 Å². The maximum absolute atomic E-state index is 12.0. The second-order valence-corrected chi connectivity index (χ2v) is 7.30. The number of thiocarbonyl (C=S) groups is 1. The smallest absolute Gasteiger partial charge is 0.338 e. The summed E-state index contributed by atoms with van der Waals surface area (Å²) in [4.78, 5) is 35.8.